The minimum atomic E-state index is -3.75. The Bertz CT molecular complexity index is 1140. The number of aromatic nitrogens is 2. The maximum absolute atomic E-state index is 12.7. The van der Waals surface area contributed by atoms with Gasteiger partial charge in [-0.15, -0.1) is 0 Å². The number of hydrogen-bond donors (Lipinski definition) is 2. The van der Waals surface area contributed by atoms with E-state index < -0.39 is 10.0 Å². The van der Waals surface area contributed by atoms with Crippen LogP contribution in [0.3, 0.4) is 0 Å². The van der Waals surface area contributed by atoms with Crippen molar-refractivity contribution in [2.75, 3.05) is 11.3 Å². The molecule has 1 amide bonds. The van der Waals surface area contributed by atoms with Crippen molar-refractivity contribution in [3.8, 4) is 0 Å². The van der Waals surface area contributed by atoms with Gasteiger partial charge in [0.1, 0.15) is 0 Å². The number of amides is 1. The second-order valence-electron chi connectivity index (χ2n) is 6.97. The smallest absolute Gasteiger partial charge is 0.261 e. The number of hydrogen-bond acceptors (Lipinski definition) is 6. The van der Waals surface area contributed by atoms with Crippen molar-refractivity contribution in [3.63, 3.8) is 0 Å². The Balaban J connectivity index is 1.57. The third kappa shape index (κ3) is 5.24. The Morgan fingerprint density at radius 1 is 1.07 bits per heavy atom. The molecular formula is C21H24N4O4S. The molecule has 0 fully saturated rings. The largest absolute Gasteiger partial charge is 0.352 e. The Labute approximate surface area is 175 Å². The maximum Gasteiger partial charge on any atom is 0.261 e. The third-order valence-corrected chi connectivity index (χ3v) is 6.08. The van der Waals surface area contributed by atoms with Gasteiger partial charge in [-0.3, -0.25) is 9.52 Å². The molecule has 0 unspecified atom stereocenters. The standard InChI is InChI=1S/C21H24N4O4S/c1-14-6-4-7-19(15(14)2)25-30(27,28)18-11-9-17(10-12-18)21(26)22-13-5-8-20-23-16(3)24-29-20/h4,6-7,9-12,25H,5,8,13H2,1-3H3,(H,22,26). The molecule has 1 aromatic heterocycles. The van der Waals surface area contributed by atoms with Crippen LogP contribution in [0.15, 0.2) is 51.9 Å². The van der Waals surface area contributed by atoms with E-state index in [9.17, 15) is 13.2 Å². The van der Waals surface area contributed by atoms with Crippen molar-refractivity contribution in [1.29, 1.82) is 0 Å². The number of sulfonamides is 1. The SMILES string of the molecule is Cc1noc(CCCNC(=O)c2ccc(S(=O)(=O)Nc3cccc(C)c3C)cc2)n1. The van der Waals surface area contributed by atoms with Crippen molar-refractivity contribution >= 4 is 21.6 Å². The zero-order valence-corrected chi connectivity index (χ0v) is 17.9. The van der Waals surface area contributed by atoms with Gasteiger partial charge < -0.3 is 9.84 Å². The summed E-state index contributed by atoms with van der Waals surface area (Å²) in [5.41, 5.74) is 2.78. The molecule has 0 atom stereocenters. The fraction of sp³-hybridized carbons (Fsp3) is 0.286. The van der Waals surface area contributed by atoms with Crippen molar-refractivity contribution in [1.82, 2.24) is 15.5 Å². The molecule has 0 aliphatic heterocycles. The Morgan fingerprint density at radius 3 is 2.47 bits per heavy atom. The molecule has 0 aliphatic rings. The number of anilines is 1. The summed E-state index contributed by atoms with van der Waals surface area (Å²) in [4.78, 5) is 16.5. The summed E-state index contributed by atoms with van der Waals surface area (Å²) >= 11 is 0. The Morgan fingerprint density at radius 2 is 1.80 bits per heavy atom. The maximum atomic E-state index is 12.7. The molecule has 0 saturated carbocycles. The highest BCUT2D eigenvalue weighted by atomic mass is 32.2. The molecule has 2 aromatic carbocycles. The predicted molar refractivity (Wildman–Crippen MR) is 113 cm³/mol. The van der Waals surface area contributed by atoms with Crippen LogP contribution in [0, 0.1) is 20.8 Å². The lowest BCUT2D eigenvalue weighted by Gasteiger charge is -2.12. The molecule has 1 heterocycles. The molecular weight excluding hydrogens is 404 g/mol. The van der Waals surface area contributed by atoms with Gasteiger partial charge in [-0.1, -0.05) is 17.3 Å². The van der Waals surface area contributed by atoms with Crippen LogP contribution < -0.4 is 10.0 Å². The molecule has 30 heavy (non-hydrogen) atoms. The van der Waals surface area contributed by atoms with Crippen LogP contribution in [0.25, 0.3) is 0 Å². The lowest BCUT2D eigenvalue weighted by atomic mass is 10.1. The minimum Gasteiger partial charge on any atom is -0.352 e. The molecule has 2 N–H and O–H groups in total. The summed E-state index contributed by atoms with van der Waals surface area (Å²) in [6.07, 6.45) is 1.22. The monoisotopic (exact) mass is 428 g/mol. The van der Waals surface area contributed by atoms with Gasteiger partial charge in [0.25, 0.3) is 15.9 Å². The number of rotatable bonds is 8. The molecule has 0 bridgehead atoms. The first kappa shape index (κ1) is 21.5. The van der Waals surface area contributed by atoms with Crippen LogP contribution in [-0.2, 0) is 16.4 Å². The molecule has 158 valence electrons. The summed E-state index contributed by atoms with van der Waals surface area (Å²) in [7, 11) is -3.75. The molecule has 0 aliphatic carbocycles. The molecule has 0 spiro atoms. The van der Waals surface area contributed by atoms with E-state index in [1.807, 2.05) is 19.9 Å². The van der Waals surface area contributed by atoms with Crippen LogP contribution in [0.2, 0.25) is 0 Å². The number of carbonyl (C=O) groups is 1. The lowest BCUT2D eigenvalue weighted by Crippen LogP contribution is -2.25. The number of benzene rings is 2. The van der Waals surface area contributed by atoms with Crippen molar-refractivity contribution in [3.05, 3.63) is 70.9 Å². The van der Waals surface area contributed by atoms with E-state index in [2.05, 4.69) is 20.2 Å². The Hall–Kier alpha value is -3.20. The topological polar surface area (TPSA) is 114 Å². The highest BCUT2D eigenvalue weighted by Gasteiger charge is 2.16. The van der Waals surface area contributed by atoms with E-state index >= 15 is 0 Å². The van der Waals surface area contributed by atoms with Crippen LogP contribution >= 0.6 is 0 Å². The summed E-state index contributed by atoms with van der Waals surface area (Å²) in [5.74, 6) is 0.840. The van der Waals surface area contributed by atoms with Gasteiger partial charge >= 0.3 is 0 Å². The molecule has 3 rings (SSSR count). The number of aryl methyl sites for hydroxylation is 3. The van der Waals surface area contributed by atoms with Gasteiger partial charge in [-0.2, -0.15) is 4.98 Å². The second-order valence-corrected chi connectivity index (χ2v) is 8.65. The van der Waals surface area contributed by atoms with Crippen molar-refractivity contribution in [2.24, 2.45) is 0 Å². The van der Waals surface area contributed by atoms with Crippen LogP contribution in [0.5, 0.6) is 0 Å². The quantitative estimate of drug-likeness (QED) is 0.533. The fourth-order valence-electron chi connectivity index (χ4n) is 2.84. The molecule has 8 nitrogen and oxygen atoms in total. The molecule has 9 heteroatoms. The number of nitrogens with zero attached hydrogens (tertiary/aromatic N) is 2. The van der Waals surface area contributed by atoms with E-state index in [0.717, 1.165) is 11.1 Å². The number of carbonyl (C=O) groups excluding carboxylic acids is 1. The molecule has 0 saturated heterocycles. The van der Waals surface area contributed by atoms with Crippen LogP contribution in [-0.4, -0.2) is 31.0 Å². The number of nitrogens with one attached hydrogen (secondary N) is 2. The fourth-order valence-corrected chi connectivity index (χ4v) is 3.96. The van der Waals surface area contributed by atoms with E-state index in [0.29, 0.717) is 42.4 Å². The first-order valence-electron chi connectivity index (χ1n) is 9.53. The predicted octanol–water partition coefficient (Wildman–Crippen LogP) is 3.16. The average Bonchev–Trinajstić information content (AvgIpc) is 3.14. The van der Waals surface area contributed by atoms with E-state index in [1.54, 1.807) is 19.1 Å². The van der Waals surface area contributed by atoms with E-state index in [-0.39, 0.29) is 10.8 Å². The molecule has 3 aromatic rings. The van der Waals surface area contributed by atoms with Gasteiger partial charge in [0.2, 0.25) is 5.89 Å². The van der Waals surface area contributed by atoms with Crippen molar-refractivity contribution < 1.29 is 17.7 Å². The van der Waals surface area contributed by atoms with Crippen molar-refractivity contribution in [2.45, 2.75) is 38.5 Å². The Kier molecular flexibility index (Phi) is 6.51. The van der Waals surface area contributed by atoms with Crippen LogP contribution in [0.4, 0.5) is 5.69 Å². The zero-order chi connectivity index (χ0) is 21.7. The summed E-state index contributed by atoms with van der Waals surface area (Å²) in [6.45, 7) is 5.97. The highest BCUT2D eigenvalue weighted by molar-refractivity contribution is 7.92. The summed E-state index contributed by atoms with van der Waals surface area (Å²) in [5, 5.41) is 6.51. The van der Waals surface area contributed by atoms with Gasteiger partial charge in [0.05, 0.1) is 10.6 Å². The lowest BCUT2D eigenvalue weighted by molar-refractivity contribution is 0.0953. The normalized spacial score (nSPS) is 11.3. The van der Waals surface area contributed by atoms with Gasteiger partial charge in [0, 0.05) is 18.5 Å². The highest BCUT2D eigenvalue weighted by Crippen LogP contribution is 2.22. The van der Waals surface area contributed by atoms with Gasteiger partial charge in [0.15, 0.2) is 5.82 Å². The summed E-state index contributed by atoms with van der Waals surface area (Å²) < 4.78 is 32.9. The zero-order valence-electron chi connectivity index (χ0n) is 17.1. The third-order valence-electron chi connectivity index (χ3n) is 4.70. The van der Waals surface area contributed by atoms with Gasteiger partial charge in [-0.05, 0) is 68.7 Å². The van der Waals surface area contributed by atoms with Crippen LogP contribution in [0.1, 0.15) is 39.6 Å². The van der Waals surface area contributed by atoms with Gasteiger partial charge in [-0.25, -0.2) is 8.42 Å². The van der Waals surface area contributed by atoms with E-state index in [4.69, 9.17) is 4.52 Å². The summed E-state index contributed by atoms with van der Waals surface area (Å²) in [6, 6.07) is 11.3. The molecule has 0 radical (unpaired) electrons. The first-order valence-corrected chi connectivity index (χ1v) is 11.0. The average molecular weight is 429 g/mol. The minimum absolute atomic E-state index is 0.0896. The first-order chi connectivity index (χ1) is 14.3. The second kappa shape index (κ2) is 9.08. The van der Waals surface area contributed by atoms with E-state index in [1.165, 1.54) is 24.3 Å².